The highest BCUT2D eigenvalue weighted by atomic mass is 19.4. The molecule has 3 atom stereocenters. The molecule has 3 fully saturated rings. The summed E-state index contributed by atoms with van der Waals surface area (Å²) in [5.41, 5.74) is 5.01. The highest BCUT2D eigenvalue weighted by Gasteiger charge is 2.45. The summed E-state index contributed by atoms with van der Waals surface area (Å²) >= 11 is 0. The molecule has 2 amide bonds. The van der Waals surface area contributed by atoms with Crippen LogP contribution in [-0.4, -0.2) is 35.5 Å². The van der Waals surface area contributed by atoms with E-state index in [4.69, 9.17) is 5.73 Å². The molecule has 3 aliphatic rings. The highest BCUT2D eigenvalue weighted by Crippen LogP contribution is 2.40. The van der Waals surface area contributed by atoms with E-state index in [2.05, 4.69) is 5.32 Å². The Hall–Kier alpha value is -2.09. The van der Waals surface area contributed by atoms with Gasteiger partial charge in [0.2, 0.25) is 11.8 Å². The van der Waals surface area contributed by atoms with Crippen LogP contribution >= 0.6 is 0 Å². The Morgan fingerprint density at radius 2 is 1.73 bits per heavy atom. The minimum atomic E-state index is -4.42. The SMILES string of the molecule is NC1(NC(=O)[C@@H]2CCCC[C@H]2C(=O)N2CCC(c3ccccc3C(F)(F)F)C2)CC1. The van der Waals surface area contributed by atoms with Crippen LogP contribution in [0.3, 0.4) is 0 Å². The first kappa shape index (κ1) is 21.2. The molecule has 1 saturated heterocycles. The zero-order chi connectivity index (χ0) is 21.5. The lowest BCUT2D eigenvalue weighted by Crippen LogP contribution is -2.50. The van der Waals surface area contributed by atoms with Gasteiger partial charge >= 0.3 is 6.18 Å². The van der Waals surface area contributed by atoms with Gasteiger partial charge in [-0.1, -0.05) is 31.0 Å². The van der Waals surface area contributed by atoms with E-state index < -0.39 is 29.2 Å². The molecule has 2 aliphatic carbocycles. The molecule has 4 rings (SSSR count). The van der Waals surface area contributed by atoms with Crippen LogP contribution in [0, 0.1) is 11.8 Å². The number of alkyl halides is 3. The van der Waals surface area contributed by atoms with Crippen LogP contribution in [0.2, 0.25) is 0 Å². The standard InChI is InChI=1S/C22H28F3N3O2/c23-22(24,25)18-8-4-3-5-15(18)14-9-12-28(13-14)20(30)17-7-2-1-6-16(17)19(29)27-21(26)10-11-21/h3-5,8,14,16-17H,1-2,6-7,9-13,26H2,(H,27,29)/t14?,16-,17-/m1/s1. The zero-order valence-corrected chi connectivity index (χ0v) is 16.9. The first-order valence-electron chi connectivity index (χ1n) is 10.7. The van der Waals surface area contributed by atoms with Crippen LogP contribution in [0.25, 0.3) is 0 Å². The molecule has 0 spiro atoms. The molecule has 1 aromatic rings. The van der Waals surface area contributed by atoms with E-state index in [0.29, 0.717) is 25.8 Å². The largest absolute Gasteiger partial charge is 0.416 e. The number of benzene rings is 1. The van der Waals surface area contributed by atoms with Gasteiger partial charge < -0.3 is 16.0 Å². The minimum absolute atomic E-state index is 0.108. The smallest absolute Gasteiger partial charge is 0.342 e. The summed E-state index contributed by atoms with van der Waals surface area (Å²) in [5.74, 6) is -1.44. The molecular formula is C22H28F3N3O2. The number of nitrogens with two attached hydrogens (primary N) is 1. The third kappa shape index (κ3) is 4.33. The number of amides is 2. The van der Waals surface area contributed by atoms with E-state index in [1.807, 2.05) is 0 Å². The molecule has 0 radical (unpaired) electrons. The number of nitrogens with one attached hydrogen (secondary N) is 1. The maximum atomic E-state index is 13.4. The fourth-order valence-corrected chi connectivity index (χ4v) is 4.90. The van der Waals surface area contributed by atoms with E-state index in [9.17, 15) is 22.8 Å². The van der Waals surface area contributed by atoms with Crippen molar-refractivity contribution >= 4 is 11.8 Å². The molecule has 8 heteroatoms. The van der Waals surface area contributed by atoms with Crippen LogP contribution in [-0.2, 0) is 15.8 Å². The third-order valence-electron chi connectivity index (χ3n) is 6.79. The predicted molar refractivity (Wildman–Crippen MR) is 105 cm³/mol. The van der Waals surface area contributed by atoms with Crippen molar-refractivity contribution in [3.8, 4) is 0 Å². The Labute approximate surface area is 174 Å². The lowest BCUT2D eigenvalue weighted by atomic mass is 9.77. The van der Waals surface area contributed by atoms with E-state index in [1.54, 1.807) is 11.0 Å². The van der Waals surface area contributed by atoms with Gasteiger partial charge in [0.05, 0.1) is 11.2 Å². The number of likely N-dealkylation sites (tertiary alicyclic amines) is 1. The fourth-order valence-electron chi connectivity index (χ4n) is 4.90. The number of hydrogen-bond acceptors (Lipinski definition) is 3. The summed E-state index contributed by atoms with van der Waals surface area (Å²) in [4.78, 5) is 27.6. The normalized spacial score (nSPS) is 28.3. The molecule has 5 nitrogen and oxygen atoms in total. The van der Waals surface area contributed by atoms with Crippen LogP contribution in [0.4, 0.5) is 13.2 Å². The average molecular weight is 423 g/mol. The molecule has 0 bridgehead atoms. The number of hydrogen-bond donors (Lipinski definition) is 2. The Bertz CT molecular complexity index is 822. The number of carbonyl (C=O) groups is 2. The first-order chi connectivity index (χ1) is 14.2. The van der Waals surface area contributed by atoms with Crippen molar-refractivity contribution in [2.24, 2.45) is 17.6 Å². The summed E-state index contributed by atoms with van der Waals surface area (Å²) in [6.07, 6.45) is 0.618. The second-order valence-electron chi connectivity index (χ2n) is 9.00. The van der Waals surface area contributed by atoms with Gasteiger partial charge in [-0.25, -0.2) is 0 Å². The number of halogens is 3. The Morgan fingerprint density at radius 3 is 2.40 bits per heavy atom. The van der Waals surface area contributed by atoms with Crippen molar-refractivity contribution in [3.63, 3.8) is 0 Å². The zero-order valence-electron chi connectivity index (χ0n) is 16.9. The first-order valence-corrected chi connectivity index (χ1v) is 10.7. The number of nitrogens with zero attached hydrogens (tertiary/aromatic N) is 1. The predicted octanol–water partition coefficient (Wildman–Crippen LogP) is 3.39. The topological polar surface area (TPSA) is 75.4 Å². The van der Waals surface area contributed by atoms with Gasteiger partial charge in [0.15, 0.2) is 0 Å². The maximum absolute atomic E-state index is 13.4. The number of rotatable bonds is 4. The van der Waals surface area contributed by atoms with Crippen molar-refractivity contribution in [2.75, 3.05) is 13.1 Å². The van der Waals surface area contributed by atoms with Crippen LogP contribution in [0.15, 0.2) is 24.3 Å². The van der Waals surface area contributed by atoms with Crippen molar-refractivity contribution < 1.29 is 22.8 Å². The molecular weight excluding hydrogens is 395 g/mol. The van der Waals surface area contributed by atoms with Crippen LogP contribution < -0.4 is 11.1 Å². The van der Waals surface area contributed by atoms with E-state index in [0.717, 1.165) is 31.7 Å². The molecule has 1 aromatic carbocycles. The number of carbonyl (C=O) groups excluding carboxylic acids is 2. The van der Waals surface area contributed by atoms with Gasteiger partial charge in [-0.2, -0.15) is 13.2 Å². The van der Waals surface area contributed by atoms with Crippen LogP contribution in [0.1, 0.15) is 62.0 Å². The molecule has 164 valence electrons. The summed E-state index contributed by atoms with van der Waals surface area (Å²) in [6.45, 7) is 0.680. The fraction of sp³-hybridized carbons (Fsp3) is 0.636. The summed E-state index contributed by atoms with van der Waals surface area (Å²) in [7, 11) is 0. The molecule has 30 heavy (non-hydrogen) atoms. The minimum Gasteiger partial charge on any atom is -0.342 e. The van der Waals surface area contributed by atoms with Crippen molar-refractivity contribution in [1.82, 2.24) is 10.2 Å². The highest BCUT2D eigenvalue weighted by molar-refractivity contribution is 5.88. The van der Waals surface area contributed by atoms with Gasteiger partial charge in [0, 0.05) is 30.8 Å². The molecule has 3 N–H and O–H groups in total. The van der Waals surface area contributed by atoms with Gasteiger partial charge in [-0.05, 0) is 43.7 Å². The molecule has 1 aliphatic heterocycles. The van der Waals surface area contributed by atoms with E-state index in [-0.39, 0.29) is 29.8 Å². The summed E-state index contributed by atoms with van der Waals surface area (Å²) < 4.78 is 40.2. The quantitative estimate of drug-likeness (QED) is 0.729. The van der Waals surface area contributed by atoms with Crippen molar-refractivity contribution in [1.29, 1.82) is 0 Å². The molecule has 1 unspecified atom stereocenters. The monoisotopic (exact) mass is 423 g/mol. The molecule has 0 aromatic heterocycles. The second-order valence-corrected chi connectivity index (χ2v) is 9.00. The Balaban J connectivity index is 1.46. The lowest BCUT2D eigenvalue weighted by molar-refractivity contribution is -0.143. The Morgan fingerprint density at radius 1 is 1.07 bits per heavy atom. The third-order valence-corrected chi connectivity index (χ3v) is 6.79. The lowest BCUT2D eigenvalue weighted by Gasteiger charge is -2.33. The van der Waals surface area contributed by atoms with Gasteiger partial charge in [-0.3, -0.25) is 9.59 Å². The summed E-state index contributed by atoms with van der Waals surface area (Å²) in [5, 5.41) is 2.88. The maximum Gasteiger partial charge on any atom is 0.416 e. The Kier molecular flexibility index (Phi) is 5.55. The van der Waals surface area contributed by atoms with E-state index in [1.165, 1.54) is 12.1 Å². The van der Waals surface area contributed by atoms with Crippen LogP contribution in [0.5, 0.6) is 0 Å². The molecule has 2 saturated carbocycles. The van der Waals surface area contributed by atoms with Gasteiger partial charge in [0.25, 0.3) is 0 Å². The summed E-state index contributed by atoms with van der Waals surface area (Å²) in [6, 6.07) is 5.60. The van der Waals surface area contributed by atoms with Crippen molar-refractivity contribution in [3.05, 3.63) is 35.4 Å². The van der Waals surface area contributed by atoms with Gasteiger partial charge in [-0.15, -0.1) is 0 Å². The van der Waals surface area contributed by atoms with Crippen molar-refractivity contribution in [2.45, 2.75) is 62.7 Å². The van der Waals surface area contributed by atoms with E-state index >= 15 is 0 Å². The average Bonchev–Trinajstić information content (AvgIpc) is 3.24. The van der Waals surface area contributed by atoms with Gasteiger partial charge in [0.1, 0.15) is 0 Å². The molecule has 1 heterocycles. The second kappa shape index (κ2) is 7.87.